The molecule has 6 rings (SSSR count). The Bertz CT molecular complexity index is 1640. The molecule has 3 N–H and O–H groups in total. The number of aromatic nitrogens is 2. The average molecular weight is 517 g/mol. The van der Waals surface area contributed by atoms with Gasteiger partial charge in [-0.3, -0.25) is 0 Å². The highest BCUT2D eigenvalue weighted by atomic mass is 16.3. The van der Waals surface area contributed by atoms with Gasteiger partial charge in [0.2, 0.25) is 0 Å². The number of hydrogen-bond acceptors (Lipinski definition) is 5. The van der Waals surface area contributed by atoms with Crippen LogP contribution in [0.5, 0.6) is 17.2 Å². The maximum Gasteiger partial charge on any atom is 0.141 e. The predicted molar refractivity (Wildman–Crippen MR) is 159 cm³/mol. The van der Waals surface area contributed by atoms with E-state index >= 15 is 0 Å². The van der Waals surface area contributed by atoms with Crippen LogP contribution in [0.3, 0.4) is 0 Å². The quantitative estimate of drug-likeness (QED) is 0.205. The highest BCUT2D eigenvalue weighted by molar-refractivity contribution is 5.87. The van der Waals surface area contributed by atoms with Gasteiger partial charge in [0.1, 0.15) is 28.3 Å². The lowest BCUT2D eigenvalue weighted by Crippen LogP contribution is -1.87. The van der Waals surface area contributed by atoms with Crippen LogP contribution in [0.4, 0.5) is 0 Å². The highest BCUT2D eigenvalue weighted by Gasteiger charge is 2.04. The minimum Gasteiger partial charge on any atom is -0.507 e. The van der Waals surface area contributed by atoms with Crippen LogP contribution in [0.2, 0.25) is 0 Å². The molecule has 4 aromatic carbocycles. The second-order valence-corrected chi connectivity index (χ2v) is 9.39. The Labute approximate surface area is 228 Å². The van der Waals surface area contributed by atoms with Crippen molar-refractivity contribution >= 4 is 21.8 Å². The molecular formula is C34H32N2O3. The Morgan fingerprint density at radius 3 is 1.38 bits per heavy atom. The normalized spacial score (nSPS) is 10.4. The summed E-state index contributed by atoms with van der Waals surface area (Å²) in [4.78, 5) is 8.57. The first-order chi connectivity index (χ1) is 18.7. The summed E-state index contributed by atoms with van der Waals surface area (Å²) in [6.45, 7) is 7.91. The number of nitrogens with zero attached hydrogens (tertiary/aromatic N) is 2. The smallest absolute Gasteiger partial charge is 0.141 e. The standard InChI is InChI=1S/C12H10O.2C11H11NO/c13-12-9-5-4-8-11(12)10-6-2-1-3-7-10;2*1-7-6-8(2)12-11-9(7)4-3-5-10(11)13/h1-9,13H;2*3-6,13H,1-2H3. The van der Waals surface area contributed by atoms with E-state index in [9.17, 15) is 15.3 Å². The molecule has 0 fully saturated rings. The third-order valence-electron chi connectivity index (χ3n) is 6.30. The van der Waals surface area contributed by atoms with Crippen molar-refractivity contribution in [1.82, 2.24) is 9.97 Å². The fourth-order valence-corrected chi connectivity index (χ4v) is 4.47. The minimum atomic E-state index is 0.254. The molecule has 0 aliphatic heterocycles. The molecule has 0 atom stereocenters. The number of hydrogen-bond donors (Lipinski definition) is 3. The zero-order valence-electron chi connectivity index (χ0n) is 22.6. The van der Waals surface area contributed by atoms with Gasteiger partial charge >= 0.3 is 0 Å². The summed E-state index contributed by atoms with van der Waals surface area (Å²) in [5, 5.41) is 30.7. The van der Waals surface area contributed by atoms with Gasteiger partial charge in [0, 0.05) is 27.7 Å². The maximum atomic E-state index is 9.56. The van der Waals surface area contributed by atoms with Crippen LogP contribution in [0.1, 0.15) is 22.5 Å². The van der Waals surface area contributed by atoms with Gasteiger partial charge in [0.25, 0.3) is 0 Å². The molecule has 0 aliphatic rings. The summed E-state index contributed by atoms with van der Waals surface area (Å²) >= 11 is 0. The summed E-state index contributed by atoms with van der Waals surface area (Å²) in [5.41, 5.74) is 7.48. The van der Waals surface area contributed by atoms with Crippen molar-refractivity contribution in [2.24, 2.45) is 0 Å². The Morgan fingerprint density at radius 2 is 0.897 bits per heavy atom. The molecule has 196 valence electrons. The molecule has 5 nitrogen and oxygen atoms in total. The summed E-state index contributed by atoms with van der Waals surface area (Å²) in [7, 11) is 0. The fourth-order valence-electron chi connectivity index (χ4n) is 4.47. The molecule has 0 radical (unpaired) electrons. The lowest BCUT2D eigenvalue weighted by atomic mass is 10.1. The third kappa shape index (κ3) is 6.51. The lowest BCUT2D eigenvalue weighted by Gasteiger charge is -2.04. The van der Waals surface area contributed by atoms with Crippen LogP contribution in [-0.2, 0) is 0 Å². The molecule has 39 heavy (non-hydrogen) atoms. The van der Waals surface area contributed by atoms with Crippen molar-refractivity contribution in [3.63, 3.8) is 0 Å². The summed E-state index contributed by atoms with van der Waals surface area (Å²) < 4.78 is 0. The first-order valence-corrected chi connectivity index (χ1v) is 12.7. The topological polar surface area (TPSA) is 86.5 Å². The number of fused-ring (bicyclic) bond motifs is 2. The molecule has 0 amide bonds. The van der Waals surface area contributed by atoms with Crippen molar-refractivity contribution < 1.29 is 15.3 Å². The summed E-state index contributed by atoms with van der Waals surface area (Å²) in [6, 6.07) is 32.1. The van der Waals surface area contributed by atoms with Crippen LogP contribution in [0.25, 0.3) is 32.9 Å². The second-order valence-electron chi connectivity index (χ2n) is 9.39. The van der Waals surface area contributed by atoms with Crippen LogP contribution in [-0.4, -0.2) is 25.3 Å². The summed E-state index contributed by atoms with van der Waals surface area (Å²) in [5.74, 6) is 0.835. The van der Waals surface area contributed by atoms with Gasteiger partial charge in [-0.1, -0.05) is 72.8 Å². The van der Waals surface area contributed by atoms with Gasteiger partial charge in [0.15, 0.2) is 0 Å². The van der Waals surface area contributed by atoms with Gasteiger partial charge in [-0.25, -0.2) is 9.97 Å². The Hall–Kier alpha value is -4.90. The largest absolute Gasteiger partial charge is 0.507 e. The number of rotatable bonds is 1. The SMILES string of the molecule is Cc1cc(C)c2cccc(O)c2n1.Cc1cc(C)c2cccc(O)c2n1.Oc1ccccc1-c1ccccc1. The monoisotopic (exact) mass is 516 g/mol. The second kappa shape index (κ2) is 12.1. The maximum absolute atomic E-state index is 9.56. The van der Waals surface area contributed by atoms with Crippen LogP contribution in [0.15, 0.2) is 103 Å². The first-order valence-electron chi connectivity index (χ1n) is 12.7. The van der Waals surface area contributed by atoms with E-state index in [1.165, 1.54) is 0 Å². The third-order valence-corrected chi connectivity index (χ3v) is 6.30. The number of benzene rings is 4. The van der Waals surface area contributed by atoms with E-state index in [0.717, 1.165) is 44.4 Å². The number of phenols is 3. The van der Waals surface area contributed by atoms with E-state index in [0.29, 0.717) is 16.8 Å². The molecule has 0 spiro atoms. The molecule has 2 aromatic heterocycles. The van der Waals surface area contributed by atoms with Crippen molar-refractivity contribution in [1.29, 1.82) is 0 Å². The van der Waals surface area contributed by atoms with E-state index in [1.54, 1.807) is 18.2 Å². The van der Waals surface area contributed by atoms with Gasteiger partial charge in [-0.2, -0.15) is 0 Å². The Morgan fingerprint density at radius 1 is 0.462 bits per heavy atom. The van der Waals surface area contributed by atoms with Crippen molar-refractivity contribution in [3.05, 3.63) is 126 Å². The van der Waals surface area contributed by atoms with E-state index < -0.39 is 0 Å². The molecule has 0 unspecified atom stereocenters. The van der Waals surface area contributed by atoms with Crippen LogP contribution in [0, 0.1) is 27.7 Å². The molecule has 0 saturated heterocycles. The van der Waals surface area contributed by atoms with Crippen molar-refractivity contribution in [3.8, 4) is 28.4 Å². The zero-order valence-corrected chi connectivity index (χ0v) is 22.6. The van der Waals surface area contributed by atoms with Gasteiger partial charge < -0.3 is 15.3 Å². The first kappa shape index (κ1) is 27.1. The zero-order chi connectivity index (χ0) is 27.9. The number of pyridine rings is 2. The van der Waals surface area contributed by atoms with E-state index in [4.69, 9.17) is 0 Å². The molecule has 0 bridgehead atoms. The molecular weight excluding hydrogens is 484 g/mol. The van der Waals surface area contributed by atoms with E-state index in [-0.39, 0.29) is 11.5 Å². The number of phenolic OH excluding ortho intramolecular Hbond substituents is 3. The molecule has 0 aliphatic carbocycles. The number of aryl methyl sites for hydroxylation is 4. The van der Waals surface area contributed by atoms with Crippen LogP contribution < -0.4 is 0 Å². The lowest BCUT2D eigenvalue weighted by molar-refractivity contribution is 0.477. The summed E-state index contributed by atoms with van der Waals surface area (Å²) in [6.07, 6.45) is 0. The van der Waals surface area contributed by atoms with Crippen LogP contribution >= 0.6 is 0 Å². The number of aromatic hydroxyl groups is 3. The van der Waals surface area contributed by atoms with Gasteiger partial charge in [0.05, 0.1) is 0 Å². The minimum absolute atomic E-state index is 0.254. The average Bonchev–Trinajstić information content (AvgIpc) is 2.92. The van der Waals surface area contributed by atoms with E-state index in [1.807, 2.05) is 113 Å². The molecule has 0 saturated carbocycles. The predicted octanol–water partition coefficient (Wildman–Crippen LogP) is 8.17. The fraction of sp³-hybridized carbons (Fsp3) is 0.118. The Balaban J connectivity index is 0.000000136. The Kier molecular flexibility index (Phi) is 8.42. The number of para-hydroxylation sites is 3. The van der Waals surface area contributed by atoms with Gasteiger partial charge in [-0.15, -0.1) is 0 Å². The molecule has 5 heteroatoms. The van der Waals surface area contributed by atoms with Crippen molar-refractivity contribution in [2.45, 2.75) is 27.7 Å². The molecule has 2 heterocycles. The van der Waals surface area contributed by atoms with Gasteiger partial charge in [-0.05, 0) is 74.7 Å². The highest BCUT2D eigenvalue weighted by Crippen LogP contribution is 2.28. The van der Waals surface area contributed by atoms with E-state index in [2.05, 4.69) is 9.97 Å². The van der Waals surface area contributed by atoms with Crippen molar-refractivity contribution in [2.75, 3.05) is 0 Å². The molecule has 6 aromatic rings.